The summed E-state index contributed by atoms with van der Waals surface area (Å²) in [5.41, 5.74) is 1.83. The minimum atomic E-state index is -0.221. The van der Waals surface area contributed by atoms with E-state index >= 15 is 0 Å². The highest BCUT2D eigenvalue weighted by atomic mass is 32.1. The van der Waals surface area contributed by atoms with Crippen LogP contribution in [-0.4, -0.2) is 42.1 Å². The van der Waals surface area contributed by atoms with E-state index in [1.807, 2.05) is 36.1 Å². The molecular weight excluding hydrogens is 248 g/mol. The minimum Gasteiger partial charge on any atom is -0.378 e. The van der Waals surface area contributed by atoms with Gasteiger partial charge in [-0.15, -0.1) is 0 Å². The molecule has 2 rings (SSSR count). The zero-order chi connectivity index (χ0) is 13.0. The number of amides is 1. The summed E-state index contributed by atoms with van der Waals surface area (Å²) in [6.07, 6.45) is 0. The summed E-state index contributed by atoms with van der Waals surface area (Å²) < 4.78 is 5.23. The first-order valence-electron chi connectivity index (χ1n) is 5.92. The van der Waals surface area contributed by atoms with Gasteiger partial charge in [-0.2, -0.15) is 0 Å². The van der Waals surface area contributed by atoms with Gasteiger partial charge in [0.1, 0.15) is 0 Å². The molecular formula is C13H16N2O2S. The summed E-state index contributed by atoms with van der Waals surface area (Å²) in [4.78, 5) is 14.2. The molecule has 0 unspecified atom stereocenters. The third-order valence-electron chi connectivity index (χ3n) is 2.89. The summed E-state index contributed by atoms with van der Waals surface area (Å²) in [6, 6.07) is 7.65. The van der Waals surface area contributed by atoms with Crippen molar-refractivity contribution in [3.05, 3.63) is 29.8 Å². The fraction of sp³-hybridized carbons (Fsp3) is 0.385. The van der Waals surface area contributed by atoms with Crippen LogP contribution < -0.4 is 5.32 Å². The summed E-state index contributed by atoms with van der Waals surface area (Å²) in [6.45, 7) is 4.56. The Labute approximate surface area is 112 Å². The van der Waals surface area contributed by atoms with Crippen molar-refractivity contribution in [2.24, 2.45) is 0 Å². The van der Waals surface area contributed by atoms with Gasteiger partial charge in [-0.25, -0.2) is 0 Å². The van der Waals surface area contributed by atoms with Crippen LogP contribution in [0.1, 0.15) is 5.56 Å². The SMILES string of the molecule is Cc1ccccc1NC(=O)C(=S)N1CCOCC1. The highest BCUT2D eigenvalue weighted by Crippen LogP contribution is 2.13. The van der Waals surface area contributed by atoms with Crippen molar-refractivity contribution in [1.29, 1.82) is 0 Å². The number of hydrogen-bond donors (Lipinski definition) is 1. The minimum absolute atomic E-state index is 0.221. The van der Waals surface area contributed by atoms with Crippen molar-refractivity contribution in [3.63, 3.8) is 0 Å². The van der Waals surface area contributed by atoms with Gasteiger partial charge in [0.15, 0.2) is 4.99 Å². The van der Waals surface area contributed by atoms with Crippen molar-refractivity contribution in [3.8, 4) is 0 Å². The molecule has 4 nitrogen and oxygen atoms in total. The Bertz CT molecular complexity index is 456. The lowest BCUT2D eigenvalue weighted by molar-refractivity contribution is -0.111. The van der Waals surface area contributed by atoms with Gasteiger partial charge in [-0.3, -0.25) is 4.79 Å². The molecule has 1 heterocycles. The molecule has 0 radical (unpaired) electrons. The fourth-order valence-electron chi connectivity index (χ4n) is 1.80. The average molecular weight is 264 g/mol. The number of carbonyl (C=O) groups excluding carboxylic acids is 1. The van der Waals surface area contributed by atoms with Crippen molar-refractivity contribution >= 4 is 28.8 Å². The largest absolute Gasteiger partial charge is 0.378 e. The van der Waals surface area contributed by atoms with E-state index in [0.29, 0.717) is 31.3 Å². The van der Waals surface area contributed by atoms with Crippen molar-refractivity contribution < 1.29 is 9.53 Å². The van der Waals surface area contributed by atoms with Crippen molar-refractivity contribution in [1.82, 2.24) is 4.90 Å². The first kappa shape index (κ1) is 13.0. The quantitative estimate of drug-likeness (QED) is 0.782. The molecule has 1 fully saturated rings. The van der Waals surface area contributed by atoms with Crippen LogP contribution in [0.2, 0.25) is 0 Å². The average Bonchev–Trinajstić information content (AvgIpc) is 2.41. The number of thiocarbonyl (C=S) groups is 1. The van der Waals surface area contributed by atoms with Crippen molar-refractivity contribution in [2.75, 3.05) is 31.6 Å². The normalized spacial score (nSPS) is 15.3. The Kier molecular flexibility index (Phi) is 4.28. The number of carbonyl (C=O) groups is 1. The van der Waals surface area contributed by atoms with E-state index in [2.05, 4.69) is 5.32 Å². The predicted octanol–water partition coefficient (Wildman–Crippen LogP) is 1.59. The van der Waals surface area contributed by atoms with Crippen molar-refractivity contribution in [2.45, 2.75) is 6.92 Å². The molecule has 96 valence electrons. The topological polar surface area (TPSA) is 41.6 Å². The monoisotopic (exact) mass is 264 g/mol. The van der Waals surface area contributed by atoms with Gasteiger partial charge in [0, 0.05) is 18.8 Å². The summed E-state index contributed by atoms with van der Waals surface area (Å²) in [5, 5.41) is 2.84. The molecule has 0 bridgehead atoms. The van der Waals surface area contributed by atoms with Crippen LogP contribution in [0.15, 0.2) is 24.3 Å². The van der Waals surface area contributed by atoms with Crippen LogP contribution >= 0.6 is 12.2 Å². The molecule has 1 aromatic rings. The molecule has 0 aliphatic carbocycles. The van der Waals surface area contributed by atoms with E-state index < -0.39 is 0 Å². The number of para-hydroxylation sites is 1. The Balaban J connectivity index is 1.99. The maximum absolute atomic E-state index is 12.0. The molecule has 0 aromatic heterocycles. The third kappa shape index (κ3) is 3.05. The lowest BCUT2D eigenvalue weighted by Crippen LogP contribution is -2.44. The third-order valence-corrected chi connectivity index (χ3v) is 3.33. The number of hydrogen-bond acceptors (Lipinski definition) is 3. The Morgan fingerprint density at radius 3 is 2.67 bits per heavy atom. The number of morpholine rings is 1. The second-order valence-corrected chi connectivity index (χ2v) is 4.56. The van der Waals surface area contributed by atoms with Crippen LogP contribution in [0.25, 0.3) is 0 Å². The zero-order valence-corrected chi connectivity index (χ0v) is 11.1. The highest BCUT2D eigenvalue weighted by molar-refractivity contribution is 7.82. The van der Waals surface area contributed by atoms with E-state index in [4.69, 9.17) is 17.0 Å². The van der Waals surface area contributed by atoms with Crippen LogP contribution in [0, 0.1) is 6.92 Å². The number of ether oxygens (including phenoxy) is 1. The molecule has 1 N–H and O–H groups in total. The predicted molar refractivity (Wildman–Crippen MR) is 74.8 cm³/mol. The molecule has 0 spiro atoms. The van der Waals surface area contributed by atoms with Gasteiger partial charge in [0.05, 0.1) is 13.2 Å². The molecule has 1 amide bonds. The zero-order valence-electron chi connectivity index (χ0n) is 10.3. The second kappa shape index (κ2) is 5.93. The van der Waals surface area contributed by atoms with Crippen LogP contribution in [-0.2, 0) is 9.53 Å². The molecule has 1 aliphatic heterocycles. The van der Waals surface area contributed by atoms with Gasteiger partial charge < -0.3 is 15.0 Å². The smallest absolute Gasteiger partial charge is 0.283 e. The van der Waals surface area contributed by atoms with Gasteiger partial charge in [-0.1, -0.05) is 30.4 Å². The lowest BCUT2D eigenvalue weighted by Gasteiger charge is -2.28. The summed E-state index contributed by atoms with van der Waals surface area (Å²) in [5.74, 6) is -0.221. The van der Waals surface area contributed by atoms with Crippen LogP contribution in [0.3, 0.4) is 0 Å². The molecule has 0 saturated carbocycles. The van der Waals surface area contributed by atoms with Crippen LogP contribution in [0.4, 0.5) is 5.69 Å². The molecule has 1 aliphatic rings. The summed E-state index contributed by atoms with van der Waals surface area (Å²) >= 11 is 5.20. The number of nitrogens with zero attached hydrogens (tertiary/aromatic N) is 1. The number of nitrogens with one attached hydrogen (secondary N) is 1. The first-order valence-corrected chi connectivity index (χ1v) is 6.33. The Morgan fingerprint density at radius 1 is 1.33 bits per heavy atom. The molecule has 18 heavy (non-hydrogen) atoms. The number of anilines is 1. The summed E-state index contributed by atoms with van der Waals surface area (Å²) in [7, 11) is 0. The highest BCUT2D eigenvalue weighted by Gasteiger charge is 2.20. The van der Waals surface area contributed by atoms with E-state index in [-0.39, 0.29) is 5.91 Å². The van der Waals surface area contributed by atoms with E-state index in [9.17, 15) is 4.79 Å². The van der Waals surface area contributed by atoms with Gasteiger partial charge in [-0.05, 0) is 18.6 Å². The van der Waals surface area contributed by atoms with E-state index in [0.717, 1.165) is 11.3 Å². The Hall–Kier alpha value is -1.46. The van der Waals surface area contributed by atoms with Gasteiger partial charge >= 0.3 is 0 Å². The molecule has 0 atom stereocenters. The Morgan fingerprint density at radius 2 is 2.00 bits per heavy atom. The van der Waals surface area contributed by atoms with E-state index in [1.54, 1.807) is 0 Å². The molecule has 1 saturated heterocycles. The van der Waals surface area contributed by atoms with Crippen LogP contribution in [0.5, 0.6) is 0 Å². The number of rotatable bonds is 1. The number of aryl methyl sites for hydroxylation is 1. The first-order chi connectivity index (χ1) is 8.68. The molecule has 1 aromatic carbocycles. The van der Waals surface area contributed by atoms with Gasteiger partial charge in [0.25, 0.3) is 5.91 Å². The standard InChI is InChI=1S/C13H16N2O2S/c1-10-4-2-3-5-11(10)14-12(16)13(18)15-6-8-17-9-7-15/h2-5H,6-9H2,1H3,(H,14,16). The van der Waals surface area contributed by atoms with Gasteiger partial charge in [0.2, 0.25) is 0 Å². The lowest BCUT2D eigenvalue weighted by atomic mass is 10.2. The number of benzene rings is 1. The second-order valence-electron chi connectivity index (χ2n) is 4.17. The molecule has 5 heteroatoms. The van der Waals surface area contributed by atoms with E-state index in [1.165, 1.54) is 0 Å². The fourth-order valence-corrected chi connectivity index (χ4v) is 2.03. The maximum atomic E-state index is 12.0. The maximum Gasteiger partial charge on any atom is 0.283 e.